The lowest BCUT2D eigenvalue weighted by atomic mass is 10.1. The highest BCUT2D eigenvalue weighted by Crippen LogP contribution is 1.93. The van der Waals surface area contributed by atoms with Crippen molar-refractivity contribution >= 4 is 21.8 Å². The van der Waals surface area contributed by atoms with E-state index in [-0.39, 0.29) is 18.9 Å². The molecule has 0 aromatic heterocycles. The fraction of sp³-hybridized carbons (Fsp3) is 0.714. The van der Waals surface area contributed by atoms with Gasteiger partial charge in [-0.05, 0) is 6.92 Å². The van der Waals surface area contributed by atoms with Crippen LogP contribution in [0.25, 0.3) is 0 Å². The number of carbonyl (C=O) groups excluding carboxylic acids is 1. The number of amidine groups is 1. The van der Waals surface area contributed by atoms with Gasteiger partial charge in [-0.25, -0.2) is 13.1 Å². The lowest BCUT2D eigenvalue weighted by Crippen LogP contribution is -2.40. The molecule has 1 amide bonds. The van der Waals surface area contributed by atoms with Crippen LogP contribution in [0.4, 0.5) is 0 Å². The van der Waals surface area contributed by atoms with Gasteiger partial charge in [0.05, 0.1) is 12.2 Å². The average Bonchev–Trinajstić information content (AvgIpc) is 2.20. The topological polar surface area (TPSA) is 134 Å². The van der Waals surface area contributed by atoms with Crippen molar-refractivity contribution in [2.24, 2.45) is 16.8 Å². The lowest BCUT2D eigenvalue weighted by Gasteiger charge is -2.10. The summed E-state index contributed by atoms with van der Waals surface area (Å²) in [6.45, 7) is 1.69. The van der Waals surface area contributed by atoms with Crippen molar-refractivity contribution in [3.8, 4) is 0 Å². The van der Waals surface area contributed by atoms with Crippen molar-refractivity contribution in [3.63, 3.8) is 0 Å². The average molecular weight is 252 g/mol. The predicted octanol–water partition coefficient (Wildman–Crippen LogP) is -1.97. The van der Waals surface area contributed by atoms with E-state index in [9.17, 15) is 13.2 Å². The number of carbonyl (C=O) groups is 1. The van der Waals surface area contributed by atoms with Gasteiger partial charge in [0.15, 0.2) is 5.84 Å². The molecular weight excluding hydrogens is 236 g/mol. The van der Waals surface area contributed by atoms with E-state index in [4.69, 9.17) is 10.9 Å². The van der Waals surface area contributed by atoms with E-state index in [2.05, 4.69) is 15.2 Å². The van der Waals surface area contributed by atoms with E-state index in [0.29, 0.717) is 0 Å². The summed E-state index contributed by atoms with van der Waals surface area (Å²) in [5.41, 5.74) is 5.22. The maximum Gasteiger partial charge on any atom is 0.230 e. The second-order valence-electron chi connectivity index (χ2n) is 3.20. The molecule has 0 aliphatic rings. The minimum absolute atomic E-state index is 0.0907. The van der Waals surface area contributed by atoms with Gasteiger partial charge in [0.2, 0.25) is 15.9 Å². The highest BCUT2D eigenvalue weighted by Gasteiger charge is 2.16. The van der Waals surface area contributed by atoms with E-state index in [1.807, 2.05) is 0 Å². The Morgan fingerprint density at radius 2 is 2.06 bits per heavy atom. The van der Waals surface area contributed by atoms with Gasteiger partial charge in [-0.2, -0.15) is 0 Å². The Morgan fingerprint density at radius 3 is 2.50 bits per heavy atom. The minimum Gasteiger partial charge on any atom is -0.409 e. The molecule has 0 aromatic carbocycles. The number of sulfonamides is 1. The highest BCUT2D eigenvalue weighted by molar-refractivity contribution is 7.88. The van der Waals surface area contributed by atoms with Crippen molar-refractivity contribution in [3.05, 3.63) is 0 Å². The summed E-state index contributed by atoms with van der Waals surface area (Å²) in [6, 6.07) is 0. The van der Waals surface area contributed by atoms with Crippen LogP contribution in [0, 0.1) is 5.92 Å². The summed E-state index contributed by atoms with van der Waals surface area (Å²) in [5, 5.41) is 13.5. The maximum atomic E-state index is 11.3. The molecule has 0 spiro atoms. The lowest BCUT2D eigenvalue weighted by molar-refractivity contribution is -0.122. The zero-order valence-corrected chi connectivity index (χ0v) is 9.91. The summed E-state index contributed by atoms with van der Waals surface area (Å²) in [6.07, 6.45) is 1.02. The zero-order chi connectivity index (χ0) is 12.8. The summed E-state index contributed by atoms with van der Waals surface area (Å²) in [4.78, 5) is 11.3. The standard InChI is InChI=1S/C7H16N4O4S/c1-5(6(8)11-13)7(12)9-3-4-10-16(2,14)15/h5,10,13H,3-4H2,1-2H3,(H2,8,11)(H,9,12). The number of nitrogens with zero attached hydrogens (tertiary/aromatic N) is 1. The first-order valence-electron chi connectivity index (χ1n) is 4.47. The van der Waals surface area contributed by atoms with Crippen LogP contribution in [0.2, 0.25) is 0 Å². The van der Waals surface area contributed by atoms with Gasteiger partial charge in [-0.3, -0.25) is 4.79 Å². The molecule has 5 N–H and O–H groups in total. The van der Waals surface area contributed by atoms with Crippen LogP contribution in [-0.4, -0.2) is 44.7 Å². The number of amides is 1. The predicted molar refractivity (Wildman–Crippen MR) is 58.4 cm³/mol. The van der Waals surface area contributed by atoms with Crippen LogP contribution in [0.1, 0.15) is 6.92 Å². The van der Waals surface area contributed by atoms with E-state index in [0.717, 1.165) is 6.26 Å². The van der Waals surface area contributed by atoms with E-state index in [1.54, 1.807) is 0 Å². The molecule has 0 rings (SSSR count). The first-order valence-corrected chi connectivity index (χ1v) is 6.37. The van der Waals surface area contributed by atoms with Crippen molar-refractivity contribution in [2.45, 2.75) is 6.92 Å². The second kappa shape index (κ2) is 6.28. The van der Waals surface area contributed by atoms with Gasteiger partial charge in [0, 0.05) is 13.1 Å². The van der Waals surface area contributed by atoms with Crippen LogP contribution in [-0.2, 0) is 14.8 Å². The van der Waals surface area contributed by atoms with Gasteiger partial charge < -0.3 is 16.3 Å². The fourth-order valence-corrected chi connectivity index (χ4v) is 1.27. The van der Waals surface area contributed by atoms with E-state index >= 15 is 0 Å². The van der Waals surface area contributed by atoms with Crippen LogP contribution >= 0.6 is 0 Å². The molecule has 0 bridgehead atoms. The third kappa shape index (κ3) is 6.19. The molecule has 8 nitrogen and oxygen atoms in total. The highest BCUT2D eigenvalue weighted by atomic mass is 32.2. The SMILES string of the molecule is CC(C(=O)NCCNS(C)(=O)=O)C(N)=NO. The molecule has 0 saturated carbocycles. The molecule has 94 valence electrons. The Hall–Kier alpha value is -1.35. The first-order chi connectivity index (χ1) is 7.28. The third-order valence-corrected chi connectivity index (χ3v) is 2.47. The van der Waals surface area contributed by atoms with Crippen molar-refractivity contribution in [1.29, 1.82) is 0 Å². The number of hydrogen-bond donors (Lipinski definition) is 4. The zero-order valence-electron chi connectivity index (χ0n) is 9.10. The summed E-state index contributed by atoms with van der Waals surface area (Å²) >= 11 is 0. The molecule has 1 atom stereocenters. The maximum absolute atomic E-state index is 11.3. The minimum atomic E-state index is -3.25. The van der Waals surface area contributed by atoms with Crippen LogP contribution in [0.5, 0.6) is 0 Å². The molecule has 0 fully saturated rings. The molecule has 1 unspecified atom stereocenters. The molecule has 0 radical (unpaired) electrons. The number of nitrogens with two attached hydrogens (primary N) is 1. The van der Waals surface area contributed by atoms with Crippen LogP contribution < -0.4 is 15.8 Å². The third-order valence-electron chi connectivity index (χ3n) is 1.74. The van der Waals surface area contributed by atoms with Gasteiger partial charge in [-0.15, -0.1) is 0 Å². The first kappa shape index (κ1) is 14.6. The number of nitrogens with one attached hydrogen (secondary N) is 2. The molecule has 0 heterocycles. The summed E-state index contributed by atoms with van der Waals surface area (Å²) in [5.74, 6) is -1.40. The quantitative estimate of drug-likeness (QED) is 0.143. The number of oxime groups is 1. The van der Waals surface area contributed by atoms with Crippen molar-refractivity contribution in [1.82, 2.24) is 10.0 Å². The molecule has 16 heavy (non-hydrogen) atoms. The van der Waals surface area contributed by atoms with Crippen LogP contribution in [0.3, 0.4) is 0 Å². The summed E-state index contributed by atoms with van der Waals surface area (Å²) < 4.78 is 23.5. The molecule has 0 aromatic rings. The Kier molecular flexibility index (Phi) is 5.75. The molecule has 0 aliphatic carbocycles. The van der Waals surface area contributed by atoms with Gasteiger partial charge >= 0.3 is 0 Å². The molecule has 0 saturated heterocycles. The largest absolute Gasteiger partial charge is 0.409 e. The second-order valence-corrected chi connectivity index (χ2v) is 5.04. The van der Waals surface area contributed by atoms with Gasteiger partial charge in [0.25, 0.3) is 0 Å². The Morgan fingerprint density at radius 1 is 1.50 bits per heavy atom. The molecule has 0 aliphatic heterocycles. The van der Waals surface area contributed by atoms with Crippen molar-refractivity contribution < 1.29 is 18.4 Å². The van der Waals surface area contributed by atoms with Gasteiger partial charge in [-0.1, -0.05) is 5.16 Å². The van der Waals surface area contributed by atoms with E-state index in [1.165, 1.54) is 6.92 Å². The number of rotatable bonds is 6. The smallest absolute Gasteiger partial charge is 0.230 e. The van der Waals surface area contributed by atoms with Gasteiger partial charge in [0.1, 0.15) is 0 Å². The molecule has 9 heteroatoms. The Balaban J connectivity index is 3.92. The van der Waals surface area contributed by atoms with E-state index < -0.39 is 21.8 Å². The number of hydrogen-bond acceptors (Lipinski definition) is 5. The molecular formula is C7H16N4O4S. The summed E-state index contributed by atoms with van der Waals surface area (Å²) in [7, 11) is -3.25. The normalized spacial score (nSPS) is 14.5. The Bertz CT molecular complexity index is 365. The fourth-order valence-electron chi connectivity index (χ4n) is 0.796. The van der Waals surface area contributed by atoms with Crippen molar-refractivity contribution in [2.75, 3.05) is 19.3 Å². The Labute approximate surface area is 93.9 Å². The van der Waals surface area contributed by atoms with Crippen LogP contribution in [0.15, 0.2) is 5.16 Å². The monoisotopic (exact) mass is 252 g/mol.